The Kier molecular flexibility index (Phi) is 1.87. The Morgan fingerprint density at radius 2 is 2.07 bits per heavy atom. The van der Waals surface area contributed by atoms with E-state index in [0.29, 0.717) is 0 Å². The molecule has 2 bridgehead atoms. The summed E-state index contributed by atoms with van der Waals surface area (Å²) in [7, 11) is 0. The summed E-state index contributed by atoms with van der Waals surface area (Å²) >= 11 is 0. The number of allylic oxidation sites excluding steroid dienone is 4. The maximum Gasteiger partial charge on any atom is -0.0130 e. The van der Waals surface area contributed by atoms with Gasteiger partial charge in [-0.2, -0.15) is 0 Å². The predicted molar refractivity (Wildman–Crippen MR) is 59.9 cm³/mol. The number of rotatable bonds is 2. The summed E-state index contributed by atoms with van der Waals surface area (Å²) in [5, 5.41) is 0. The van der Waals surface area contributed by atoms with Crippen molar-refractivity contribution in [1.29, 1.82) is 0 Å². The largest absolute Gasteiger partial charge is 0.0813 e. The van der Waals surface area contributed by atoms with Gasteiger partial charge in [-0.1, -0.05) is 37.1 Å². The summed E-state index contributed by atoms with van der Waals surface area (Å²) in [4.78, 5) is 0. The number of hydrogen-bond acceptors (Lipinski definition) is 0. The first-order valence-corrected chi connectivity index (χ1v) is 6.23. The Morgan fingerprint density at radius 3 is 2.79 bits per heavy atom. The van der Waals surface area contributed by atoms with Crippen LogP contribution in [0.3, 0.4) is 0 Å². The molecule has 1 saturated carbocycles. The molecule has 0 heterocycles. The van der Waals surface area contributed by atoms with E-state index in [0.717, 1.165) is 23.7 Å². The molecule has 76 valence electrons. The fraction of sp³-hybridized carbons (Fsp3) is 0.714. The third kappa shape index (κ3) is 1.00. The van der Waals surface area contributed by atoms with E-state index >= 15 is 0 Å². The van der Waals surface area contributed by atoms with Crippen LogP contribution in [-0.2, 0) is 0 Å². The second-order valence-electron chi connectivity index (χ2n) is 5.22. The van der Waals surface area contributed by atoms with Crippen LogP contribution in [0.15, 0.2) is 23.3 Å². The SMILES string of the molecule is CCC1=C[C@H]2[C@@H](C1)[C@@H]1C[C@@H]2C=C1CC. The van der Waals surface area contributed by atoms with Gasteiger partial charge >= 0.3 is 0 Å². The zero-order valence-corrected chi connectivity index (χ0v) is 9.29. The van der Waals surface area contributed by atoms with Gasteiger partial charge in [0, 0.05) is 0 Å². The van der Waals surface area contributed by atoms with Crippen LogP contribution >= 0.6 is 0 Å². The zero-order chi connectivity index (χ0) is 9.71. The maximum absolute atomic E-state index is 2.61. The lowest BCUT2D eigenvalue weighted by Gasteiger charge is -2.24. The van der Waals surface area contributed by atoms with Gasteiger partial charge < -0.3 is 0 Å². The zero-order valence-electron chi connectivity index (χ0n) is 9.29. The van der Waals surface area contributed by atoms with Crippen LogP contribution in [0.4, 0.5) is 0 Å². The highest BCUT2D eigenvalue weighted by molar-refractivity contribution is 5.31. The van der Waals surface area contributed by atoms with Gasteiger partial charge in [-0.3, -0.25) is 0 Å². The minimum Gasteiger partial charge on any atom is -0.0813 e. The standard InChI is InChI=1S/C14H20/c1-3-9-5-12-11-7-10(4-2)13(8-11)14(12)6-9/h5,7,11-14H,3-4,6,8H2,1-2H3/t11-,12+,13+,14+/m0/s1. The first-order valence-electron chi connectivity index (χ1n) is 6.23. The van der Waals surface area contributed by atoms with E-state index in [1.807, 2.05) is 0 Å². The highest BCUT2D eigenvalue weighted by Crippen LogP contribution is 2.57. The third-order valence-electron chi connectivity index (χ3n) is 4.72. The Balaban J connectivity index is 1.86. The van der Waals surface area contributed by atoms with Crippen molar-refractivity contribution in [2.24, 2.45) is 23.7 Å². The first-order chi connectivity index (χ1) is 6.83. The van der Waals surface area contributed by atoms with Gasteiger partial charge in [0.1, 0.15) is 0 Å². The van der Waals surface area contributed by atoms with Gasteiger partial charge in [0.15, 0.2) is 0 Å². The monoisotopic (exact) mass is 188 g/mol. The fourth-order valence-corrected chi connectivity index (χ4v) is 4.03. The molecule has 3 aliphatic carbocycles. The average molecular weight is 188 g/mol. The molecule has 0 aliphatic heterocycles. The van der Waals surface area contributed by atoms with Crippen LogP contribution < -0.4 is 0 Å². The number of hydrogen-bond donors (Lipinski definition) is 0. The molecule has 0 amide bonds. The maximum atomic E-state index is 2.61. The quantitative estimate of drug-likeness (QED) is 0.576. The molecule has 14 heavy (non-hydrogen) atoms. The van der Waals surface area contributed by atoms with Crippen molar-refractivity contribution in [3.05, 3.63) is 23.3 Å². The minimum absolute atomic E-state index is 0.920. The van der Waals surface area contributed by atoms with E-state index in [1.165, 1.54) is 25.7 Å². The second kappa shape index (κ2) is 2.98. The molecule has 0 spiro atoms. The molecule has 3 aliphatic rings. The average Bonchev–Trinajstić information content (AvgIpc) is 2.87. The molecular weight excluding hydrogens is 168 g/mol. The molecule has 1 fully saturated rings. The summed E-state index contributed by atoms with van der Waals surface area (Å²) < 4.78 is 0. The van der Waals surface area contributed by atoms with Gasteiger partial charge in [0.05, 0.1) is 0 Å². The van der Waals surface area contributed by atoms with Crippen LogP contribution in [0.2, 0.25) is 0 Å². The topological polar surface area (TPSA) is 0 Å². The summed E-state index contributed by atoms with van der Waals surface area (Å²) in [6.07, 6.45) is 10.7. The summed E-state index contributed by atoms with van der Waals surface area (Å²) in [5.74, 6) is 3.83. The molecule has 0 aromatic rings. The third-order valence-corrected chi connectivity index (χ3v) is 4.72. The lowest BCUT2D eigenvalue weighted by atomic mass is 9.80. The Labute approximate surface area is 87.1 Å². The predicted octanol–water partition coefficient (Wildman–Crippen LogP) is 3.95. The fourth-order valence-electron chi connectivity index (χ4n) is 4.03. The first kappa shape index (κ1) is 8.76. The lowest BCUT2D eigenvalue weighted by Crippen LogP contribution is -2.16. The second-order valence-corrected chi connectivity index (χ2v) is 5.22. The van der Waals surface area contributed by atoms with Gasteiger partial charge in [-0.05, 0) is 49.4 Å². The normalized spacial score (nSPS) is 43.9. The van der Waals surface area contributed by atoms with E-state index in [2.05, 4.69) is 26.0 Å². The molecular formula is C14H20. The Hall–Kier alpha value is -0.520. The van der Waals surface area contributed by atoms with Crippen LogP contribution in [0.1, 0.15) is 39.5 Å². The van der Waals surface area contributed by atoms with Crippen LogP contribution in [0, 0.1) is 23.7 Å². The van der Waals surface area contributed by atoms with Crippen molar-refractivity contribution in [2.75, 3.05) is 0 Å². The van der Waals surface area contributed by atoms with Crippen LogP contribution in [-0.4, -0.2) is 0 Å². The number of fused-ring (bicyclic) bond motifs is 5. The molecule has 0 heteroatoms. The van der Waals surface area contributed by atoms with E-state index in [9.17, 15) is 0 Å². The van der Waals surface area contributed by atoms with Crippen molar-refractivity contribution in [3.8, 4) is 0 Å². The van der Waals surface area contributed by atoms with Crippen molar-refractivity contribution >= 4 is 0 Å². The van der Waals surface area contributed by atoms with E-state index in [4.69, 9.17) is 0 Å². The lowest BCUT2D eigenvalue weighted by molar-refractivity contribution is 0.375. The molecule has 0 aromatic heterocycles. The molecule has 0 N–H and O–H groups in total. The molecule has 0 nitrogen and oxygen atoms in total. The molecule has 3 rings (SSSR count). The van der Waals surface area contributed by atoms with Gasteiger partial charge in [-0.25, -0.2) is 0 Å². The Morgan fingerprint density at radius 1 is 1.21 bits per heavy atom. The molecule has 0 saturated heterocycles. The van der Waals surface area contributed by atoms with E-state index in [1.54, 1.807) is 11.1 Å². The smallest absolute Gasteiger partial charge is 0.0130 e. The van der Waals surface area contributed by atoms with Crippen molar-refractivity contribution in [1.82, 2.24) is 0 Å². The molecule has 0 radical (unpaired) electrons. The van der Waals surface area contributed by atoms with Crippen molar-refractivity contribution in [3.63, 3.8) is 0 Å². The minimum atomic E-state index is 0.920. The molecule has 0 aromatic carbocycles. The highest BCUT2D eigenvalue weighted by atomic mass is 14.5. The summed E-state index contributed by atoms with van der Waals surface area (Å²) in [5.41, 5.74) is 3.52. The van der Waals surface area contributed by atoms with Crippen molar-refractivity contribution < 1.29 is 0 Å². The van der Waals surface area contributed by atoms with Crippen LogP contribution in [0.25, 0.3) is 0 Å². The van der Waals surface area contributed by atoms with Crippen LogP contribution in [0.5, 0.6) is 0 Å². The van der Waals surface area contributed by atoms with Crippen molar-refractivity contribution in [2.45, 2.75) is 39.5 Å². The molecule has 0 unspecified atom stereocenters. The van der Waals surface area contributed by atoms with E-state index in [-0.39, 0.29) is 0 Å². The molecule has 4 atom stereocenters. The van der Waals surface area contributed by atoms with Gasteiger partial charge in [0.25, 0.3) is 0 Å². The Bertz CT molecular complexity index is 308. The summed E-state index contributed by atoms with van der Waals surface area (Å²) in [6.45, 7) is 4.63. The summed E-state index contributed by atoms with van der Waals surface area (Å²) in [6, 6.07) is 0. The van der Waals surface area contributed by atoms with Gasteiger partial charge in [-0.15, -0.1) is 0 Å². The van der Waals surface area contributed by atoms with E-state index < -0.39 is 0 Å². The highest BCUT2D eigenvalue weighted by Gasteiger charge is 2.48. The van der Waals surface area contributed by atoms with Gasteiger partial charge in [0.2, 0.25) is 0 Å².